The Morgan fingerprint density at radius 2 is 2.04 bits per heavy atom. The highest BCUT2D eigenvalue weighted by Gasteiger charge is 2.10. The monoisotopic (exact) mass is 331 g/mol. The number of thiazole rings is 1. The van der Waals surface area contributed by atoms with Crippen molar-refractivity contribution in [2.75, 3.05) is 23.3 Å². The predicted molar refractivity (Wildman–Crippen MR) is 99.2 cm³/mol. The van der Waals surface area contributed by atoms with Gasteiger partial charge >= 0.3 is 0 Å². The Morgan fingerprint density at radius 1 is 1.30 bits per heavy atom. The first-order valence-electron chi connectivity index (χ1n) is 8.14. The molecule has 0 radical (unpaired) electrons. The van der Waals surface area contributed by atoms with E-state index in [1.807, 2.05) is 38.1 Å². The lowest BCUT2D eigenvalue weighted by Gasteiger charge is -2.16. The maximum atomic E-state index is 11.9. The zero-order valence-electron chi connectivity index (χ0n) is 14.3. The second kappa shape index (κ2) is 8.11. The van der Waals surface area contributed by atoms with Gasteiger partial charge in [0.2, 0.25) is 5.91 Å². The maximum absolute atomic E-state index is 11.9. The van der Waals surface area contributed by atoms with Gasteiger partial charge in [-0.3, -0.25) is 4.79 Å². The second-order valence-corrected chi connectivity index (χ2v) is 6.75. The third kappa shape index (κ3) is 4.79. The van der Waals surface area contributed by atoms with Crippen LogP contribution in [0.1, 0.15) is 34.1 Å². The van der Waals surface area contributed by atoms with Crippen LogP contribution in [0, 0.1) is 5.92 Å². The number of anilines is 2. The Kier molecular flexibility index (Phi) is 6.16. The van der Waals surface area contributed by atoms with Gasteiger partial charge in [0.25, 0.3) is 0 Å². The van der Waals surface area contributed by atoms with Crippen molar-refractivity contribution in [3.63, 3.8) is 0 Å². The molecule has 0 atom stereocenters. The number of hydrogen-bond acceptors (Lipinski definition) is 4. The fourth-order valence-electron chi connectivity index (χ4n) is 2.38. The molecule has 0 spiro atoms. The minimum atomic E-state index is 0.0549. The second-order valence-electron chi connectivity index (χ2n) is 5.91. The van der Waals surface area contributed by atoms with Crippen molar-refractivity contribution in [2.45, 2.75) is 34.1 Å². The van der Waals surface area contributed by atoms with Crippen LogP contribution in [0.4, 0.5) is 10.8 Å². The van der Waals surface area contributed by atoms with Gasteiger partial charge in [0.1, 0.15) is 0 Å². The lowest BCUT2D eigenvalue weighted by Crippen LogP contribution is -2.21. The highest BCUT2D eigenvalue weighted by atomic mass is 32.1. The van der Waals surface area contributed by atoms with Gasteiger partial charge in [-0.1, -0.05) is 26.0 Å². The number of benzene rings is 1. The summed E-state index contributed by atoms with van der Waals surface area (Å²) in [5, 5.41) is 6.07. The van der Waals surface area contributed by atoms with Crippen LogP contribution in [0.2, 0.25) is 0 Å². The first-order valence-corrected chi connectivity index (χ1v) is 9.02. The molecule has 23 heavy (non-hydrogen) atoms. The lowest BCUT2D eigenvalue weighted by atomic mass is 10.1. The smallest absolute Gasteiger partial charge is 0.224 e. The first kappa shape index (κ1) is 17.5. The van der Waals surface area contributed by atoms with Gasteiger partial charge in [-0.25, -0.2) is 4.98 Å². The molecule has 0 aliphatic rings. The highest BCUT2D eigenvalue weighted by Crippen LogP contribution is 2.28. The molecule has 1 N–H and O–H groups in total. The van der Waals surface area contributed by atoms with Crippen LogP contribution < -0.4 is 10.2 Å². The van der Waals surface area contributed by atoms with Gasteiger partial charge in [0.15, 0.2) is 5.13 Å². The molecule has 0 bridgehead atoms. The van der Waals surface area contributed by atoms with E-state index in [1.165, 1.54) is 0 Å². The van der Waals surface area contributed by atoms with Crippen molar-refractivity contribution in [1.82, 2.24) is 4.98 Å². The van der Waals surface area contributed by atoms with Gasteiger partial charge < -0.3 is 10.2 Å². The summed E-state index contributed by atoms with van der Waals surface area (Å²) in [7, 11) is 0. The average molecular weight is 331 g/mol. The van der Waals surface area contributed by atoms with E-state index >= 15 is 0 Å². The number of amides is 1. The maximum Gasteiger partial charge on any atom is 0.224 e. The summed E-state index contributed by atoms with van der Waals surface area (Å²) in [6, 6.07) is 7.88. The van der Waals surface area contributed by atoms with E-state index in [0.29, 0.717) is 12.3 Å². The largest absolute Gasteiger partial charge is 0.349 e. The van der Waals surface area contributed by atoms with Crippen molar-refractivity contribution in [2.24, 2.45) is 5.92 Å². The fourth-order valence-corrected chi connectivity index (χ4v) is 3.34. The molecule has 0 fully saturated rings. The van der Waals surface area contributed by atoms with Crippen molar-refractivity contribution < 1.29 is 4.79 Å². The third-order valence-electron chi connectivity index (χ3n) is 3.56. The minimum Gasteiger partial charge on any atom is -0.349 e. The van der Waals surface area contributed by atoms with E-state index in [2.05, 4.69) is 29.4 Å². The molecule has 0 aliphatic heterocycles. The van der Waals surface area contributed by atoms with E-state index in [4.69, 9.17) is 4.98 Å². The summed E-state index contributed by atoms with van der Waals surface area (Å²) >= 11 is 1.66. The Bertz CT molecular complexity index is 647. The van der Waals surface area contributed by atoms with Crippen molar-refractivity contribution >= 4 is 28.1 Å². The van der Waals surface area contributed by atoms with Crippen LogP contribution in [-0.2, 0) is 4.79 Å². The molecule has 1 aromatic carbocycles. The van der Waals surface area contributed by atoms with Crippen LogP contribution in [0.25, 0.3) is 11.3 Å². The van der Waals surface area contributed by atoms with Crippen LogP contribution in [-0.4, -0.2) is 24.0 Å². The number of carbonyl (C=O) groups excluding carboxylic acids is 1. The summed E-state index contributed by atoms with van der Waals surface area (Å²) < 4.78 is 0. The molecular formula is C18H25N3OS. The van der Waals surface area contributed by atoms with E-state index in [-0.39, 0.29) is 5.91 Å². The number of carbonyl (C=O) groups is 1. The van der Waals surface area contributed by atoms with Crippen molar-refractivity contribution in [1.29, 1.82) is 0 Å². The van der Waals surface area contributed by atoms with E-state index in [1.54, 1.807) is 11.3 Å². The van der Waals surface area contributed by atoms with Gasteiger partial charge in [0, 0.05) is 36.1 Å². The molecular weight excluding hydrogens is 306 g/mol. The Hall–Kier alpha value is -1.88. The molecule has 5 heteroatoms. The van der Waals surface area contributed by atoms with Gasteiger partial charge in [-0.05, 0) is 31.9 Å². The van der Waals surface area contributed by atoms with Crippen LogP contribution >= 0.6 is 11.3 Å². The van der Waals surface area contributed by atoms with E-state index in [0.717, 1.165) is 35.2 Å². The summed E-state index contributed by atoms with van der Waals surface area (Å²) in [6.07, 6.45) is 0.535. The zero-order chi connectivity index (χ0) is 16.8. The average Bonchev–Trinajstić information content (AvgIpc) is 2.97. The van der Waals surface area contributed by atoms with E-state index < -0.39 is 0 Å². The fraction of sp³-hybridized carbons (Fsp3) is 0.444. The molecule has 0 aliphatic carbocycles. The third-order valence-corrected chi connectivity index (χ3v) is 4.46. The Labute approximate surface area is 142 Å². The van der Waals surface area contributed by atoms with Crippen molar-refractivity contribution in [3.05, 3.63) is 29.6 Å². The van der Waals surface area contributed by atoms with E-state index in [9.17, 15) is 4.79 Å². The predicted octanol–water partition coefficient (Wildman–Crippen LogP) is 4.64. The van der Waals surface area contributed by atoms with Crippen LogP contribution in [0.5, 0.6) is 0 Å². The Morgan fingerprint density at radius 3 is 2.70 bits per heavy atom. The van der Waals surface area contributed by atoms with Crippen LogP contribution in [0.15, 0.2) is 29.6 Å². The summed E-state index contributed by atoms with van der Waals surface area (Å²) in [5.41, 5.74) is 2.81. The molecule has 0 unspecified atom stereocenters. The highest BCUT2D eigenvalue weighted by molar-refractivity contribution is 7.14. The number of aromatic nitrogens is 1. The standard InChI is InChI=1S/C18H25N3OS/c1-5-21(6-2)18-20-16(12-23-18)14-8-7-9-15(11-14)19-17(22)10-13(3)4/h7-9,11-13H,5-6,10H2,1-4H3,(H,19,22). The molecule has 1 heterocycles. The van der Waals surface area contributed by atoms with Gasteiger partial charge in [-0.15, -0.1) is 11.3 Å². The van der Waals surface area contributed by atoms with Gasteiger partial charge in [0.05, 0.1) is 5.69 Å². The molecule has 1 amide bonds. The van der Waals surface area contributed by atoms with Crippen LogP contribution in [0.3, 0.4) is 0 Å². The number of hydrogen-bond donors (Lipinski definition) is 1. The first-order chi connectivity index (χ1) is 11.0. The topological polar surface area (TPSA) is 45.2 Å². The van der Waals surface area contributed by atoms with Crippen molar-refractivity contribution in [3.8, 4) is 11.3 Å². The minimum absolute atomic E-state index is 0.0549. The summed E-state index contributed by atoms with van der Waals surface area (Å²) in [4.78, 5) is 18.9. The number of rotatable bonds is 7. The molecule has 2 aromatic rings. The molecule has 4 nitrogen and oxygen atoms in total. The SMILES string of the molecule is CCN(CC)c1nc(-c2cccc(NC(=O)CC(C)C)c2)cs1. The van der Waals surface area contributed by atoms with Gasteiger partial charge in [-0.2, -0.15) is 0 Å². The molecule has 124 valence electrons. The lowest BCUT2D eigenvalue weighted by molar-refractivity contribution is -0.116. The number of nitrogens with one attached hydrogen (secondary N) is 1. The quantitative estimate of drug-likeness (QED) is 0.804. The summed E-state index contributed by atoms with van der Waals surface area (Å²) in [5.74, 6) is 0.410. The summed E-state index contributed by atoms with van der Waals surface area (Å²) in [6.45, 7) is 10.3. The Balaban J connectivity index is 2.15. The molecule has 1 aromatic heterocycles. The number of nitrogens with zero attached hydrogens (tertiary/aromatic N) is 2. The zero-order valence-corrected chi connectivity index (χ0v) is 15.1. The molecule has 2 rings (SSSR count). The molecule has 0 saturated carbocycles. The normalized spacial score (nSPS) is 10.8. The molecule has 0 saturated heterocycles.